The summed E-state index contributed by atoms with van der Waals surface area (Å²) in [6.07, 6.45) is 5.69. The summed E-state index contributed by atoms with van der Waals surface area (Å²) in [7, 11) is 2.13. The van der Waals surface area contributed by atoms with E-state index < -0.39 is 0 Å². The minimum atomic E-state index is 0.0864. The molecule has 1 saturated heterocycles. The second kappa shape index (κ2) is 7.99. The Morgan fingerprint density at radius 1 is 1.35 bits per heavy atom. The second-order valence-electron chi connectivity index (χ2n) is 7.48. The van der Waals surface area contributed by atoms with Crippen LogP contribution in [0.25, 0.3) is 0 Å². The average Bonchev–Trinajstić information content (AvgIpc) is 3.13. The van der Waals surface area contributed by atoms with Crippen molar-refractivity contribution in [1.82, 2.24) is 24.6 Å². The SMILES string of the molecule is Cc1cccnc1CN(C)C1CCCN(C(=O)c2ccnn2C(C)C)C1. The van der Waals surface area contributed by atoms with Crippen molar-refractivity contribution < 1.29 is 4.79 Å². The van der Waals surface area contributed by atoms with Gasteiger partial charge in [-0.2, -0.15) is 5.10 Å². The molecule has 6 heteroatoms. The van der Waals surface area contributed by atoms with Crippen molar-refractivity contribution in [2.75, 3.05) is 20.1 Å². The normalized spacial score (nSPS) is 17.9. The number of carbonyl (C=O) groups is 1. The van der Waals surface area contributed by atoms with Gasteiger partial charge in [-0.05, 0) is 58.4 Å². The molecule has 2 aromatic heterocycles. The summed E-state index contributed by atoms with van der Waals surface area (Å²) in [4.78, 5) is 21.8. The van der Waals surface area contributed by atoms with Crippen molar-refractivity contribution in [2.24, 2.45) is 0 Å². The van der Waals surface area contributed by atoms with E-state index in [-0.39, 0.29) is 11.9 Å². The minimum Gasteiger partial charge on any atom is -0.336 e. The van der Waals surface area contributed by atoms with Crippen LogP contribution in [0, 0.1) is 6.92 Å². The van der Waals surface area contributed by atoms with Gasteiger partial charge in [0.15, 0.2) is 0 Å². The van der Waals surface area contributed by atoms with Crippen molar-refractivity contribution >= 4 is 5.91 Å². The lowest BCUT2D eigenvalue weighted by Gasteiger charge is -2.37. The van der Waals surface area contributed by atoms with Crippen LogP contribution in [0.5, 0.6) is 0 Å². The maximum atomic E-state index is 13.0. The number of aryl methyl sites for hydroxylation is 1. The largest absolute Gasteiger partial charge is 0.336 e. The van der Waals surface area contributed by atoms with Crippen molar-refractivity contribution in [3.05, 3.63) is 47.5 Å². The third-order valence-electron chi connectivity index (χ3n) is 5.20. The van der Waals surface area contributed by atoms with Gasteiger partial charge in [0.2, 0.25) is 0 Å². The van der Waals surface area contributed by atoms with Crippen LogP contribution in [0.2, 0.25) is 0 Å². The zero-order chi connectivity index (χ0) is 18.7. The molecule has 26 heavy (non-hydrogen) atoms. The molecule has 1 aliphatic rings. The van der Waals surface area contributed by atoms with E-state index in [0.717, 1.165) is 38.2 Å². The van der Waals surface area contributed by atoms with Gasteiger partial charge < -0.3 is 4.90 Å². The second-order valence-corrected chi connectivity index (χ2v) is 7.48. The first-order valence-corrected chi connectivity index (χ1v) is 9.41. The first-order valence-electron chi connectivity index (χ1n) is 9.41. The number of piperidine rings is 1. The van der Waals surface area contributed by atoms with Gasteiger partial charge >= 0.3 is 0 Å². The van der Waals surface area contributed by atoms with Gasteiger partial charge in [0.05, 0.1) is 5.69 Å². The molecule has 1 aliphatic heterocycles. The lowest BCUT2D eigenvalue weighted by atomic mass is 10.0. The van der Waals surface area contributed by atoms with Gasteiger partial charge in [-0.1, -0.05) is 6.07 Å². The van der Waals surface area contributed by atoms with E-state index in [0.29, 0.717) is 11.7 Å². The first kappa shape index (κ1) is 18.6. The molecule has 1 fully saturated rings. The van der Waals surface area contributed by atoms with Crippen LogP contribution in [0.15, 0.2) is 30.6 Å². The van der Waals surface area contributed by atoms with Crippen LogP contribution in [0.4, 0.5) is 0 Å². The lowest BCUT2D eigenvalue weighted by molar-refractivity contribution is 0.0587. The Morgan fingerprint density at radius 2 is 2.15 bits per heavy atom. The summed E-state index contributed by atoms with van der Waals surface area (Å²) in [5.74, 6) is 0.0864. The molecule has 6 nitrogen and oxygen atoms in total. The molecule has 3 heterocycles. The molecule has 1 atom stereocenters. The van der Waals surface area contributed by atoms with Crippen molar-refractivity contribution in [1.29, 1.82) is 0 Å². The predicted molar refractivity (Wildman–Crippen MR) is 102 cm³/mol. The highest BCUT2D eigenvalue weighted by molar-refractivity contribution is 5.92. The monoisotopic (exact) mass is 355 g/mol. The summed E-state index contributed by atoms with van der Waals surface area (Å²) >= 11 is 0. The van der Waals surface area contributed by atoms with Gasteiger partial charge in [0.1, 0.15) is 5.69 Å². The maximum Gasteiger partial charge on any atom is 0.272 e. The smallest absolute Gasteiger partial charge is 0.272 e. The number of nitrogens with zero attached hydrogens (tertiary/aromatic N) is 5. The van der Waals surface area contributed by atoms with Gasteiger partial charge in [-0.25, -0.2) is 0 Å². The number of carbonyl (C=O) groups excluding carboxylic acids is 1. The van der Waals surface area contributed by atoms with Crippen LogP contribution >= 0.6 is 0 Å². The Morgan fingerprint density at radius 3 is 2.88 bits per heavy atom. The summed E-state index contributed by atoms with van der Waals surface area (Å²) in [6.45, 7) is 8.57. The number of likely N-dealkylation sites (N-methyl/N-ethyl adjacent to an activating group) is 1. The highest BCUT2D eigenvalue weighted by atomic mass is 16.2. The molecule has 140 valence electrons. The molecule has 0 aromatic carbocycles. The first-order chi connectivity index (χ1) is 12.5. The molecule has 0 aliphatic carbocycles. The maximum absolute atomic E-state index is 13.0. The number of amides is 1. The molecule has 1 unspecified atom stereocenters. The molecular formula is C20H29N5O. The lowest BCUT2D eigenvalue weighted by Crippen LogP contribution is -2.48. The number of hydrogen-bond donors (Lipinski definition) is 0. The minimum absolute atomic E-state index is 0.0864. The topological polar surface area (TPSA) is 54.3 Å². The van der Waals surface area contributed by atoms with Gasteiger partial charge in [0, 0.05) is 44.1 Å². The molecule has 0 radical (unpaired) electrons. The summed E-state index contributed by atoms with van der Waals surface area (Å²) in [5, 5.41) is 4.30. The van der Waals surface area contributed by atoms with Gasteiger partial charge in [0.25, 0.3) is 5.91 Å². The van der Waals surface area contributed by atoms with Crippen LogP contribution < -0.4 is 0 Å². The summed E-state index contributed by atoms with van der Waals surface area (Å²) in [5.41, 5.74) is 3.00. The van der Waals surface area contributed by atoms with Crippen LogP contribution in [0.1, 0.15) is 54.5 Å². The fraction of sp³-hybridized carbons (Fsp3) is 0.550. The van der Waals surface area contributed by atoms with E-state index in [1.54, 1.807) is 6.20 Å². The van der Waals surface area contributed by atoms with E-state index in [9.17, 15) is 4.79 Å². The Balaban J connectivity index is 1.68. The molecule has 0 N–H and O–H groups in total. The van der Waals surface area contributed by atoms with Crippen LogP contribution in [0.3, 0.4) is 0 Å². The number of aromatic nitrogens is 3. The Bertz CT molecular complexity index is 754. The Hall–Kier alpha value is -2.21. The molecule has 1 amide bonds. The fourth-order valence-corrected chi connectivity index (χ4v) is 3.61. The molecule has 0 saturated carbocycles. The molecule has 0 bridgehead atoms. The van der Waals surface area contributed by atoms with Crippen molar-refractivity contribution in [3.8, 4) is 0 Å². The van der Waals surface area contributed by atoms with Crippen molar-refractivity contribution in [2.45, 2.75) is 52.2 Å². The third-order valence-corrected chi connectivity index (χ3v) is 5.20. The van der Waals surface area contributed by atoms with Gasteiger partial charge in [-0.3, -0.25) is 19.4 Å². The average molecular weight is 355 g/mol. The van der Waals surface area contributed by atoms with Gasteiger partial charge in [-0.15, -0.1) is 0 Å². The fourth-order valence-electron chi connectivity index (χ4n) is 3.61. The zero-order valence-electron chi connectivity index (χ0n) is 16.2. The Kier molecular flexibility index (Phi) is 5.71. The summed E-state index contributed by atoms with van der Waals surface area (Å²) in [6, 6.07) is 6.42. The number of hydrogen-bond acceptors (Lipinski definition) is 4. The molecule has 2 aromatic rings. The van der Waals surface area contributed by atoms with E-state index >= 15 is 0 Å². The third kappa shape index (κ3) is 3.96. The highest BCUT2D eigenvalue weighted by Gasteiger charge is 2.29. The number of rotatable bonds is 5. The quantitative estimate of drug-likeness (QED) is 0.827. The Labute approximate surface area is 155 Å². The van der Waals surface area contributed by atoms with E-state index in [1.165, 1.54) is 5.56 Å². The number of pyridine rings is 1. The summed E-state index contributed by atoms with van der Waals surface area (Å²) < 4.78 is 1.81. The van der Waals surface area contributed by atoms with Crippen molar-refractivity contribution in [3.63, 3.8) is 0 Å². The van der Waals surface area contributed by atoms with E-state index in [4.69, 9.17) is 0 Å². The standard InChI is InChI=1S/C20H29N5O/c1-15(2)25-19(9-11-22-25)20(26)24-12-6-8-17(13-24)23(4)14-18-16(3)7-5-10-21-18/h5,7,9-11,15,17H,6,8,12-14H2,1-4H3. The molecule has 3 rings (SSSR count). The molecule has 0 spiro atoms. The van der Waals surface area contributed by atoms with E-state index in [2.05, 4.69) is 35.0 Å². The van der Waals surface area contributed by atoms with Crippen LogP contribution in [-0.4, -0.2) is 56.7 Å². The van der Waals surface area contributed by atoms with E-state index in [1.807, 2.05) is 41.8 Å². The number of likely N-dealkylation sites (tertiary alicyclic amines) is 1. The van der Waals surface area contributed by atoms with Crippen LogP contribution in [-0.2, 0) is 6.54 Å². The zero-order valence-corrected chi connectivity index (χ0v) is 16.2. The predicted octanol–water partition coefficient (Wildman–Crippen LogP) is 2.90. The highest BCUT2D eigenvalue weighted by Crippen LogP contribution is 2.20. The molecular weight excluding hydrogens is 326 g/mol.